The zero-order valence-corrected chi connectivity index (χ0v) is 21.3. The number of aliphatic hydroxyl groups is 1. The molecule has 0 aliphatic heterocycles. The van der Waals surface area contributed by atoms with Crippen LogP contribution in [0.5, 0.6) is 0 Å². The Kier molecular flexibility index (Phi) is 7.75. The Bertz CT molecular complexity index is 810. The fourth-order valence-corrected chi connectivity index (χ4v) is 8.50. The van der Waals surface area contributed by atoms with Gasteiger partial charge in [0.2, 0.25) is 0 Å². The van der Waals surface area contributed by atoms with Gasteiger partial charge in [-0.1, -0.05) is 43.7 Å². The van der Waals surface area contributed by atoms with Crippen LogP contribution in [-0.4, -0.2) is 36.5 Å². The molecular formula is C28H46N4O2. The van der Waals surface area contributed by atoms with Crippen molar-refractivity contribution in [2.24, 2.45) is 44.9 Å². The minimum Gasteiger partial charge on any atom is -0.396 e. The highest BCUT2D eigenvalue weighted by Gasteiger charge is 2.62. The predicted octanol–water partition coefficient (Wildman–Crippen LogP) is 5.14. The quantitative estimate of drug-likeness (QED) is 0.130. The number of allylic oxidation sites excluding steroid dienone is 4. The van der Waals surface area contributed by atoms with Gasteiger partial charge in [-0.25, -0.2) is 0 Å². The summed E-state index contributed by atoms with van der Waals surface area (Å²) >= 11 is 0. The van der Waals surface area contributed by atoms with Crippen LogP contribution in [0.1, 0.15) is 84.5 Å². The molecule has 0 aromatic carbocycles. The van der Waals surface area contributed by atoms with Gasteiger partial charge in [-0.3, -0.25) is 5.41 Å². The summed E-state index contributed by atoms with van der Waals surface area (Å²) in [6.45, 7) is 6.24. The number of fused-ring (bicyclic) bond motifs is 5. The first-order valence-corrected chi connectivity index (χ1v) is 13.6. The topological polar surface area (TPSA) is 104 Å². The molecule has 190 valence electrons. The van der Waals surface area contributed by atoms with Gasteiger partial charge in [-0.2, -0.15) is 0 Å². The normalized spacial score (nSPS) is 42.0. The predicted molar refractivity (Wildman–Crippen MR) is 139 cm³/mol. The van der Waals surface area contributed by atoms with Crippen molar-refractivity contribution >= 4 is 12.2 Å². The fraction of sp³-hybridized carbons (Fsp3) is 0.786. The Labute approximate surface area is 206 Å². The lowest BCUT2D eigenvalue weighted by Crippen LogP contribution is -2.58. The van der Waals surface area contributed by atoms with E-state index >= 15 is 0 Å². The van der Waals surface area contributed by atoms with E-state index in [0.29, 0.717) is 18.6 Å². The van der Waals surface area contributed by atoms with Gasteiger partial charge in [0.05, 0.1) is 12.3 Å². The van der Waals surface area contributed by atoms with Crippen molar-refractivity contribution in [3.05, 3.63) is 24.3 Å². The van der Waals surface area contributed by atoms with Crippen LogP contribution in [0.2, 0.25) is 0 Å². The van der Waals surface area contributed by atoms with E-state index in [4.69, 9.17) is 16.0 Å². The maximum Gasteiger partial charge on any atom is 0.185 e. The van der Waals surface area contributed by atoms with Crippen LogP contribution in [0, 0.1) is 39.4 Å². The van der Waals surface area contributed by atoms with Crippen molar-refractivity contribution in [2.75, 3.05) is 13.2 Å². The van der Waals surface area contributed by atoms with Gasteiger partial charge in [0.1, 0.15) is 6.61 Å². The summed E-state index contributed by atoms with van der Waals surface area (Å²) in [7, 11) is 0. The maximum absolute atomic E-state index is 10.7. The van der Waals surface area contributed by atoms with Crippen LogP contribution < -0.4 is 11.1 Å². The molecule has 0 radical (unpaired) electrons. The molecule has 0 unspecified atom stereocenters. The number of hydrogen-bond acceptors (Lipinski definition) is 4. The third-order valence-electron chi connectivity index (χ3n) is 10.3. The molecule has 6 nitrogen and oxygen atoms in total. The van der Waals surface area contributed by atoms with Gasteiger partial charge < -0.3 is 21.0 Å². The molecule has 4 fully saturated rings. The van der Waals surface area contributed by atoms with Crippen LogP contribution in [-0.2, 0) is 4.84 Å². The Morgan fingerprint density at radius 2 is 1.94 bits per heavy atom. The molecule has 4 saturated carbocycles. The Balaban J connectivity index is 1.38. The van der Waals surface area contributed by atoms with Crippen LogP contribution >= 0.6 is 0 Å². The fourth-order valence-electron chi connectivity index (χ4n) is 8.50. The minimum atomic E-state index is -0.175. The highest BCUT2D eigenvalue weighted by atomic mass is 16.6. The second-order valence-electron chi connectivity index (χ2n) is 12.0. The molecule has 4 rings (SSSR count). The van der Waals surface area contributed by atoms with E-state index in [1.54, 1.807) is 6.21 Å². The molecule has 0 amide bonds. The second kappa shape index (κ2) is 10.4. The summed E-state index contributed by atoms with van der Waals surface area (Å²) in [6, 6.07) is 0. The van der Waals surface area contributed by atoms with E-state index in [1.165, 1.54) is 44.9 Å². The number of hydrogen-bond donors (Lipinski definition) is 4. The lowest BCUT2D eigenvalue weighted by Gasteiger charge is -2.65. The first-order valence-electron chi connectivity index (χ1n) is 13.6. The SMILES string of the molecule is C[C@@]12CCC[C@H]1[C@@H]1CC[C@]3(C=CC=CC=NOCCCNC(=N)N)C[C@@H](O)CC[C@]3(C)[C@H]1CC2. The third kappa shape index (κ3) is 4.93. The molecule has 6 heteroatoms. The largest absolute Gasteiger partial charge is 0.396 e. The van der Waals surface area contributed by atoms with Crippen LogP contribution in [0.25, 0.3) is 0 Å². The number of rotatable bonds is 8. The standard InChI is InChI=1S/C28H46N4O2/c1-26-12-6-8-23(26)22-10-16-28(20-21(33)9-15-27(28,2)24(22)11-14-26)13-4-3-5-18-32-34-19-7-17-31-25(29)30/h3-5,13,18,21-24,33H,6-12,14-17,19-20H2,1-2H3,(H4,29,30,31)/t21-,22-,23-,24-,26-,27+,28+/m0/s1. The summed E-state index contributed by atoms with van der Waals surface area (Å²) in [5, 5.41) is 24.5. The summed E-state index contributed by atoms with van der Waals surface area (Å²) in [6.07, 6.45) is 23.5. The van der Waals surface area contributed by atoms with Crippen molar-refractivity contribution in [1.82, 2.24) is 5.32 Å². The van der Waals surface area contributed by atoms with E-state index in [-0.39, 0.29) is 22.9 Å². The van der Waals surface area contributed by atoms with E-state index in [1.807, 2.05) is 12.2 Å². The van der Waals surface area contributed by atoms with Crippen LogP contribution in [0.15, 0.2) is 29.5 Å². The van der Waals surface area contributed by atoms with Crippen molar-refractivity contribution in [2.45, 2.75) is 90.6 Å². The molecule has 5 N–H and O–H groups in total. The van der Waals surface area contributed by atoms with Gasteiger partial charge in [0.25, 0.3) is 0 Å². The molecule has 0 saturated heterocycles. The molecule has 0 spiro atoms. The van der Waals surface area contributed by atoms with Crippen molar-refractivity contribution in [1.29, 1.82) is 5.41 Å². The number of oxime groups is 1. The number of guanidine groups is 1. The molecule has 7 atom stereocenters. The van der Waals surface area contributed by atoms with E-state index in [2.05, 4.69) is 36.5 Å². The van der Waals surface area contributed by atoms with E-state index in [0.717, 1.165) is 43.4 Å². The highest BCUT2D eigenvalue weighted by Crippen LogP contribution is 2.70. The van der Waals surface area contributed by atoms with Crippen LogP contribution in [0.3, 0.4) is 0 Å². The lowest BCUT2D eigenvalue weighted by molar-refractivity contribution is -0.153. The number of nitrogens with one attached hydrogen (secondary N) is 2. The Morgan fingerprint density at radius 3 is 2.76 bits per heavy atom. The van der Waals surface area contributed by atoms with Gasteiger partial charge in [-0.05, 0) is 97.9 Å². The zero-order chi connectivity index (χ0) is 24.2. The molecule has 4 aliphatic carbocycles. The first kappa shape index (κ1) is 25.3. The molecule has 0 aromatic heterocycles. The van der Waals surface area contributed by atoms with Crippen LogP contribution in [0.4, 0.5) is 0 Å². The number of aliphatic hydroxyl groups excluding tert-OH is 1. The minimum absolute atomic E-state index is 0.0201. The third-order valence-corrected chi connectivity index (χ3v) is 10.3. The molecule has 0 bridgehead atoms. The molecule has 0 heterocycles. The number of nitrogens with zero attached hydrogens (tertiary/aromatic N) is 1. The first-order chi connectivity index (χ1) is 16.3. The van der Waals surface area contributed by atoms with Crippen molar-refractivity contribution in [3.8, 4) is 0 Å². The highest BCUT2D eigenvalue weighted by molar-refractivity contribution is 5.74. The van der Waals surface area contributed by atoms with Crippen molar-refractivity contribution in [3.63, 3.8) is 0 Å². The average Bonchev–Trinajstić information content (AvgIpc) is 3.20. The Morgan fingerprint density at radius 1 is 1.09 bits per heavy atom. The summed E-state index contributed by atoms with van der Waals surface area (Å²) < 4.78 is 0. The lowest BCUT2D eigenvalue weighted by atomic mass is 9.40. The molecular weight excluding hydrogens is 424 g/mol. The monoisotopic (exact) mass is 470 g/mol. The van der Waals surface area contributed by atoms with Gasteiger partial charge in [0, 0.05) is 13.0 Å². The summed E-state index contributed by atoms with van der Waals surface area (Å²) in [5.41, 5.74) is 6.22. The van der Waals surface area contributed by atoms with Gasteiger partial charge in [-0.15, -0.1) is 0 Å². The average molecular weight is 471 g/mol. The van der Waals surface area contributed by atoms with Gasteiger partial charge >= 0.3 is 0 Å². The summed E-state index contributed by atoms with van der Waals surface area (Å²) in [4.78, 5) is 5.24. The van der Waals surface area contributed by atoms with E-state index in [9.17, 15) is 5.11 Å². The zero-order valence-electron chi connectivity index (χ0n) is 21.3. The van der Waals surface area contributed by atoms with Crippen molar-refractivity contribution < 1.29 is 9.94 Å². The summed E-state index contributed by atoms with van der Waals surface area (Å²) in [5.74, 6) is 2.58. The van der Waals surface area contributed by atoms with E-state index < -0.39 is 0 Å². The second-order valence-corrected chi connectivity index (χ2v) is 12.0. The maximum atomic E-state index is 10.7. The molecule has 34 heavy (non-hydrogen) atoms. The smallest absolute Gasteiger partial charge is 0.185 e. The molecule has 4 aliphatic rings. The number of nitrogens with two attached hydrogens (primary N) is 1. The molecule has 0 aromatic rings. The van der Waals surface area contributed by atoms with Gasteiger partial charge in [0.15, 0.2) is 5.96 Å². The Hall–Kier alpha value is -1.82.